The molecule has 26 heavy (non-hydrogen) atoms. The molecule has 5 nitrogen and oxygen atoms in total. The third-order valence-electron chi connectivity index (χ3n) is 5.11. The van der Waals surface area contributed by atoms with Gasteiger partial charge < -0.3 is 10.6 Å². The van der Waals surface area contributed by atoms with E-state index in [0.717, 1.165) is 12.3 Å². The minimum absolute atomic E-state index is 0.139. The number of hydrogen-bond donors (Lipinski definition) is 1. The number of rotatable bonds is 1. The normalized spacial score (nSPS) is 25.5. The van der Waals surface area contributed by atoms with Gasteiger partial charge in [0.1, 0.15) is 0 Å². The van der Waals surface area contributed by atoms with Crippen molar-refractivity contribution in [2.24, 2.45) is 16.6 Å². The largest absolute Gasteiger partial charge is 0.434 e. The fourth-order valence-electron chi connectivity index (χ4n) is 4.10. The number of pyridine rings is 1. The predicted octanol–water partition coefficient (Wildman–Crippen LogP) is 2.77. The van der Waals surface area contributed by atoms with Crippen LogP contribution in [-0.4, -0.2) is 34.7 Å². The van der Waals surface area contributed by atoms with Crippen LogP contribution < -0.4 is 5.73 Å². The van der Waals surface area contributed by atoms with Crippen molar-refractivity contribution in [3.05, 3.63) is 41.4 Å². The van der Waals surface area contributed by atoms with Gasteiger partial charge in [-0.3, -0.25) is 14.6 Å². The lowest BCUT2D eigenvalue weighted by Crippen LogP contribution is -2.42. The molecule has 3 rings (SSSR count). The van der Waals surface area contributed by atoms with Gasteiger partial charge in [-0.1, -0.05) is 13.8 Å². The summed E-state index contributed by atoms with van der Waals surface area (Å²) < 4.78 is 39.4. The summed E-state index contributed by atoms with van der Waals surface area (Å²) in [6.07, 6.45) is -0.945. The van der Waals surface area contributed by atoms with E-state index < -0.39 is 34.2 Å². The van der Waals surface area contributed by atoms with Crippen molar-refractivity contribution in [2.75, 3.05) is 13.1 Å². The molecule has 140 valence electrons. The lowest BCUT2D eigenvalue weighted by molar-refractivity contribution is -0.141. The first-order valence-corrected chi connectivity index (χ1v) is 8.30. The molecule has 0 radical (unpaired) electrons. The average molecular weight is 367 g/mol. The molecule has 1 aliphatic carbocycles. The van der Waals surface area contributed by atoms with E-state index >= 15 is 0 Å². The van der Waals surface area contributed by atoms with Crippen molar-refractivity contribution in [3.63, 3.8) is 0 Å². The molecule has 2 N–H and O–H groups in total. The lowest BCUT2D eigenvalue weighted by atomic mass is 9.65. The summed E-state index contributed by atoms with van der Waals surface area (Å²) in [5.41, 5.74) is 3.24. The third kappa shape index (κ3) is 3.08. The zero-order chi connectivity index (χ0) is 19.3. The van der Waals surface area contributed by atoms with Crippen molar-refractivity contribution in [2.45, 2.75) is 32.9 Å². The number of ketones is 1. The second-order valence-electron chi connectivity index (χ2n) is 7.73. The molecule has 0 saturated carbocycles. The summed E-state index contributed by atoms with van der Waals surface area (Å²) in [6.45, 7) is 4.13. The summed E-state index contributed by atoms with van der Waals surface area (Å²) in [5, 5.41) is 0. The number of halogens is 3. The van der Waals surface area contributed by atoms with E-state index in [1.165, 1.54) is 11.0 Å². The number of carbonyl (C=O) groups is 2. The molecule has 2 heterocycles. The molecule has 0 unspecified atom stereocenters. The number of nitrogens with zero attached hydrogens (tertiary/aromatic N) is 2. The highest BCUT2D eigenvalue weighted by Crippen LogP contribution is 2.47. The van der Waals surface area contributed by atoms with Crippen LogP contribution in [0.5, 0.6) is 0 Å². The molecule has 1 aromatic rings. The zero-order valence-electron chi connectivity index (χ0n) is 14.6. The predicted molar refractivity (Wildman–Crippen MR) is 87.9 cm³/mol. The second-order valence-corrected chi connectivity index (χ2v) is 7.73. The molecule has 1 spiro atoms. The van der Waals surface area contributed by atoms with Gasteiger partial charge in [0.05, 0.1) is 11.3 Å². The molecular formula is C18H20F3N3O2. The number of amides is 1. The zero-order valence-corrected chi connectivity index (χ0v) is 14.6. The van der Waals surface area contributed by atoms with Crippen LogP contribution in [-0.2, 0) is 11.0 Å². The van der Waals surface area contributed by atoms with Gasteiger partial charge in [0, 0.05) is 30.1 Å². The summed E-state index contributed by atoms with van der Waals surface area (Å²) in [6, 6.07) is 2.45. The number of Topliss-reactive ketones (excluding diaryl/α,β-unsaturated/α-hetero) is 1. The quantitative estimate of drug-likeness (QED) is 0.828. The van der Waals surface area contributed by atoms with E-state index in [2.05, 4.69) is 4.98 Å². The second kappa shape index (κ2) is 5.82. The number of hydrogen-bond acceptors (Lipinski definition) is 4. The standard InChI is InChI=1S/C18H20F3N3O2/c1-16(2)9-17(8-12(22)14(16)25)5-7-24(10-17)15(26)11-4-3-6-23-13(11)18(19,20)21/h3-4,6,8H,5,7,9-10,22H2,1-2H3/t17-/m1/s1. The fraction of sp³-hybridized carbons (Fsp3) is 0.500. The van der Waals surface area contributed by atoms with Gasteiger partial charge in [0.2, 0.25) is 0 Å². The van der Waals surface area contributed by atoms with Gasteiger partial charge in [-0.25, -0.2) is 0 Å². The van der Waals surface area contributed by atoms with Gasteiger partial charge in [-0.2, -0.15) is 13.2 Å². The SMILES string of the molecule is CC1(C)C[C@]2(C=C(N)C1=O)CCN(C(=O)c1cccnc1C(F)(F)F)C2. The molecule has 2 aliphatic rings. The maximum Gasteiger partial charge on any atom is 0.434 e. The molecule has 1 aromatic heterocycles. The first-order valence-electron chi connectivity index (χ1n) is 8.30. The van der Waals surface area contributed by atoms with Crippen molar-refractivity contribution < 1.29 is 22.8 Å². The van der Waals surface area contributed by atoms with E-state index in [0.29, 0.717) is 19.4 Å². The number of carbonyl (C=O) groups excluding carboxylic acids is 2. The van der Waals surface area contributed by atoms with Crippen LogP contribution in [0.4, 0.5) is 13.2 Å². The van der Waals surface area contributed by atoms with Crippen LogP contribution >= 0.6 is 0 Å². The molecular weight excluding hydrogens is 347 g/mol. The van der Waals surface area contributed by atoms with Gasteiger partial charge in [-0.05, 0) is 31.1 Å². The van der Waals surface area contributed by atoms with Gasteiger partial charge >= 0.3 is 6.18 Å². The number of alkyl halides is 3. The molecule has 1 saturated heterocycles. The highest BCUT2D eigenvalue weighted by Gasteiger charge is 2.49. The summed E-state index contributed by atoms with van der Waals surface area (Å²) in [7, 11) is 0. The Hall–Kier alpha value is -2.38. The summed E-state index contributed by atoms with van der Waals surface area (Å²) in [4.78, 5) is 29.6. The Morgan fingerprint density at radius 1 is 1.35 bits per heavy atom. The van der Waals surface area contributed by atoms with Crippen molar-refractivity contribution in [3.8, 4) is 0 Å². The molecule has 1 aliphatic heterocycles. The Labute approximate surface area is 149 Å². The maximum atomic E-state index is 13.1. The van der Waals surface area contributed by atoms with Crippen molar-refractivity contribution in [1.29, 1.82) is 0 Å². The average Bonchev–Trinajstić information content (AvgIpc) is 2.94. The smallest absolute Gasteiger partial charge is 0.396 e. The highest BCUT2D eigenvalue weighted by molar-refractivity contribution is 6.00. The highest BCUT2D eigenvalue weighted by atomic mass is 19.4. The summed E-state index contributed by atoms with van der Waals surface area (Å²) in [5.74, 6) is -0.844. The van der Waals surface area contributed by atoms with E-state index in [1.54, 1.807) is 19.9 Å². The summed E-state index contributed by atoms with van der Waals surface area (Å²) >= 11 is 0. The minimum atomic E-state index is -4.70. The molecule has 0 aromatic carbocycles. The molecule has 8 heteroatoms. The van der Waals surface area contributed by atoms with Gasteiger partial charge in [0.15, 0.2) is 11.5 Å². The Bertz CT molecular complexity index is 801. The maximum absolute atomic E-state index is 13.1. The number of aromatic nitrogens is 1. The number of likely N-dealkylation sites (tertiary alicyclic amines) is 1. The van der Waals surface area contributed by atoms with Crippen molar-refractivity contribution in [1.82, 2.24) is 9.88 Å². The minimum Gasteiger partial charge on any atom is -0.396 e. The third-order valence-corrected chi connectivity index (χ3v) is 5.11. The number of allylic oxidation sites excluding steroid dienone is 1. The Morgan fingerprint density at radius 2 is 2.04 bits per heavy atom. The molecule has 1 amide bonds. The Morgan fingerprint density at radius 3 is 2.65 bits per heavy atom. The van der Waals surface area contributed by atoms with Crippen LogP contribution in [0.1, 0.15) is 42.7 Å². The van der Waals surface area contributed by atoms with Crippen LogP contribution in [0.25, 0.3) is 0 Å². The van der Waals surface area contributed by atoms with E-state index in [4.69, 9.17) is 5.73 Å². The molecule has 1 fully saturated rings. The number of nitrogens with two attached hydrogens (primary N) is 1. The van der Waals surface area contributed by atoms with E-state index in [-0.39, 0.29) is 18.0 Å². The Balaban J connectivity index is 1.89. The lowest BCUT2D eigenvalue weighted by Gasteiger charge is -2.39. The van der Waals surface area contributed by atoms with Crippen LogP contribution in [0.15, 0.2) is 30.1 Å². The van der Waals surface area contributed by atoms with Gasteiger partial charge in [-0.15, -0.1) is 0 Å². The van der Waals surface area contributed by atoms with Crippen LogP contribution in [0.3, 0.4) is 0 Å². The van der Waals surface area contributed by atoms with E-state index in [9.17, 15) is 22.8 Å². The van der Waals surface area contributed by atoms with Crippen molar-refractivity contribution >= 4 is 11.7 Å². The van der Waals surface area contributed by atoms with Gasteiger partial charge in [0.25, 0.3) is 5.91 Å². The topological polar surface area (TPSA) is 76.3 Å². The van der Waals surface area contributed by atoms with Crippen LogP contribution in [0.2, 0.25) is 0 Å². The first-order chi connectivity index (χ1) is 12.0. The fourth-order valence-corrected chi connectivity index (χ4v) is 4.10. The molecule has 1 atom stereocenters. The first kappa shape index (κ1) is 18.4. The van der Waals surface area contributed by atoms with Crippen LogP contribution in [0, 0.1) is 10.8 Å². The molecule has 0 bridgehead atoms. The Kier molecular flexibility index (Phi) is 4.12. The monoisotopic (exact) mass is 367 g/mol. The van der Waals surface area contributed by atoms with E-state index in [1.807, 2.05) is 0 Å².